The first kappa shape index (κ1) is 13.9. The maximum absolute atomic E-state index is 2.17. The molecule has 0 nitrogen and oxygen atoms in total. The molecule has 0 aliphatic carbocycles. The van der Waals surface area contributed by atoms with Crippen molar-refractivity contribution in [3.8, 4) is 0 Å². The van der Waals surface area contributed by atoms with Crippen LogP contribution in [0, 0.1) is 0 Å². The predicted molar refractivity (Wildman–Crippen MR) is 76.6 cm³/mol. The van der Waals surface area contributed by atoms with Gasteiger partial charge in [0.25, 0.3) is 0 Å². The summed E-state index contributed by atoms with van der Waals surface area (Å²) >= 11 is 6.90. The minimum absolute atomic E-state index is 0.408. The molecule has 1 aliphatic heterocycles. The van der Waals surface area contributed by atoms with Gasteiger partial charge in [0.15, 0.2) is 0 Å². The van der Waals surface area contributed by atoms with Crippen LogP contribution >= 0.6 is 35.3 Å². The molecule has 0 aromatic rings. The summed E-state index contributed by atoms with van der Waals surface area (Å²) in [5.41, 5.74) is 0. The fourth-order valence-electron chi connectivity index (χ4n) is 1.17. The van der Waals surface area contributed by atoms with Gasteiger partial charge in [0.05, 0.1) is 0 Å². The zero-order valence-corrected chi connectivity index (χ0v) is 13.5. The van der Waals surface area contributed by atoms with Gasteiger partial charge in [-0.05, 0) is 0 Å². The third-order valence-corrected chi connectivity index (χ3v) is 8.84. The Balaban J connectivity index is 2.00. The standard InChI is InChI=1S/C10H20S3Te/c1-3-11-5-7-13-8-6-12-4-2-10-14-9-1/h1-10H2. The molecule has 0 atom stereocenters. The molecule has 1 rings (SSSR count). The van der Waals surface area contributed by atoms with E-state index in [1.165, 1.54) is 47.4 Å². The normalized spacial score (nSPS) is 24.0. The monoisotopic (exact) mass is 366 g/mol. The fraction of sp³-hybridized carbons (Fsp3) is 1.00. The molecule has 14 heavy (non-hydrogen) atoms. The molecule has 0 saturated carbocycles. The van der Waals surface area contributed by atoms with Gasteiger partial charge in [-0.1, -0.05) is 0 Å². The average Bonchev–Trinajstić information content (AvgIpc) is 2.22. The topological polar surface area (TPSA) is 0 Å². The van der Waals surface area contributed by atoms with Gasteiger partial charge in [0.2, 0.25) is 0 Å². The van der Waals surface area contributed by atoms with Gasteiger partial charge in [-0.15, -0.1) is 0 Å². The summed E-state index contributed by atoms with van der Waals surface area (Å²) in [7, 11) is 0. The van der Waals surface area contributed by atoms with Gasteiger partial charge >= 0.3 is 113 Å². The van der Waals surface area contributed by atoms with Crippen molar-refractivity contribution in [1.29, 1.82) is 0 Å². The van der Waals surface area contributed by atoms with Crippen molar-refractivity contribution >= 4 is 56.2 Å². The SMILES string of the molecule is C1CSCCSCCSCCC[Te]C1. The molecule has 0 unspecified atom stereocenters. The third-order valence-electron chi connectivity index (χ3n) is 1.90. The average molecular weight is 364 g/mol. The van der Waals surface area contributed by atoms with E-state index in [0.717, 1.165) is 0 Å². The van der Waals surface area contributed by atoms with Crippen LogP contribution in [0.4, 0.5) is 0 Å². The van der Waals surface area contributed by atoms with Crippen LogP contribution in [0.25, 0.3) is 0 Å². The molecule has 0 amide bonds. The molecule has 1 saturated heterocycles. The molecule has 0 bridgehead atoms. The van der Waals surface area contributed by atoms with Gasteiger partial charge in [-0.25, -0.2) is 0 Å². The summed E-state index contributed by atoms with van der Waals surface area (Å²) in [5.74, 6) is 8.38. The van der Waals surface area contributed by atoms with Gasteiger partial charge in [-0.3, -0.25) is 0 Å². The first-order chi connectivity index (χ1) is 7.00. The summed E-state index contributed by atoms with van der Waals surface area (Å²) in [6.07, 6.45) is 3.01. The summed E-state index contributed by atoms with van der Waals surface area (Å²) in [6.45, 7) is 0. The molecular formula is C10H20S3Te. The van der Waals surface area contributed by atoms with E-state index in [2.05, 4.69) is 35.3 Å². The van der Waals surface area contributed by atoms with Gasteiger partial charge < -0.3 is 0 Å². The molecule has 1 fully saturated rings. The Labute approximate surface area is 112 Å². The Morgan fingerprint density at radius 3 is 1.50 bits per heavy atom. The van der Waals surface area contributed by atoms with Crippen LogP contribution in [0.5, 0.6) is 0 Å². The van der Waals surface area contributed by atoms with E-state index >= 15 is 0 Å². The Hall–Kier alpha value is 1.84. The Bertz CT molecular complexity index is 68.6. The first-order valence-corrected chi connectivity index (χ1v) is 12.1. The van der Waals surface area contributed by atoms with Crippen LogP contribution in [-0.2, 0) is 0 Å². The van der Waals surface area contributed by atoms with E-state index in [1.807, 2.05) is 0 Å². The van der Waals surface area contributed by atoms with Crippen molar-refractivity contribution in [2.24, 2.45) is 0 Å². The van der Waals surface area contributed by atoms with E-state index in [4.69, 9.17) is 0 Å². The Kier molecular flexibility index (Phi) is 11.3. The quantitative estimate of drug-likeness (QED) is 0.604. The van der Waals surface area contributed by atoms with Crippen LogP contribution in [0.1, 0.15) is 12.8 Å². The third kappa shape index (κ3) is 9.09. The van der Waals surface area contributed by atoms with Crippen LogP contribution in [0.3, 0.4) is 0 Å². The summed E-state index contributed by atoms with van der Waals surface area (Å²) < 4.78 is 3.19. The second kappa shape index (κ2) is 11.3. The number of hydrogen-bond donors (Lipinski definition) is 0. The van der Waals surface area contributed by atoms with Crippen molar-refractivity contribution in [3.63, 3.8) is 0 Å². The van der Waals surface area contributed by atoms with Gasteiger partial charge in [0.1, 0.15) is 0 Å². The molecule has 0 radical (unpaired) electrons. The van der Waals surface area contributed by atoms with Crippen molar-refractivity contribution in [2.45, 2.75) is 21.8 Å². The summed E-state index contributed by atoms with van der Waals surface area (Å²) in [4.78, 5) is 0. The second-order valence-corrected chi connectivity index (χ2v) is 10.3. The van der Waals surface area contributed by atoms with Gasteiger partial charge in [-0.2, -0.15) is 0 Å². The first-order valence-electron chi connectivity index (χ1n) is 5.31. The molecule has 0 N–H and O–H groups in total. The molecule has 0 aromatic carbocycles. The van der Waals surface area contributed by atoms with Crippen molar-refractivity contribution in [3.05, 3.63) is 0 Å². The zero-order chi connectivity index (χ0) is 9.90. The minimum atomic E-state index is 0.408. The van der Waals surface area contributed by atoms with E-state index < -0.39 is 0 Å². The molecule has 0 spiro atoms. The van der Waals surface area contributed by atoms with Gasteiger partial charge in [0, 0.05) is 0 Å². The van der Waals surface area contributed by atoms with Crippen molar-refractivity contribution in [2.75, 3.05) is 34.5 Å². The Morgan fingerprint density at radius 2 is 1.00 bits per heavy atom. The van der Waals surface area contributed by atoms with E-state index in [1.54, 1.807) is 8.94 Å². The van der Waals surface area contributed by atoms with Crippen LogP contribution in [0.2, 0.25) is 8.94 Å². The molecule has 1 heterocycles. The molecule has 84 valence electrons. The fourth-order valence-corrected chi connectivity index (χ4v) is 8.08. The molecule has 1 aliphatic rings. The number of thioether (sulfide) groups is 3. The second-order valence-electron chi connectivity index (χ2n) is 3.16. The molecular weight excluding hydrogens is 344 g/mol. The van der Waals surface area contributed by atoms with Crippen LogP contribution in [-0.4, -0.2) is 55.4 Å². The van der Waals surface area contributed by atoms with Crippen molar-refractivity contribution in [1.82, 2.24) is 0 Å². The Morgan fingerprint density at radius 1 is 0.571 bits per heavy atom. The van der Waals surface area contributed by atoms with Crippen molar-refractivity contribution < 1.29 is 0 Å². The van der Waals surface area contributed by atoms with E-state index in [0.29, 0.717) is 20.9 Å². The predicted octanol–water partition coefficient (Wildman–Crippen LogP) is 3.52. The maximum atomic E-state index is 2.17. The van der Waals surface area contributed by atoms with Crippen LogP contribution < -0.4 is 0 Å². The molecule has 0 aromatic heterocycles. The van der Waals surface area contributed by atoms with Crippen LogP contribution in [0.15, 0.2) is 0 Å². The number of hydrogen-bond acceptors (Lipinski definition) is 3. The number of rotatable bonds is 0. The van der Waals surface area contributed by atoms with E-state index in [9.17, 15) is 0 Å². The zero-order valence-electron chi connectivity index (χ0n) is 8.70. The molecule has 4 heteroatoms. The summed E-state index contributed by atoms with van der Waals surface area (Å²) in [6, 6.07) is 0. The van der Waals surface area contributed by atoms with E-state index in [-0.39, 0.29) is 0 Å². The summed E-state index contributed by atoms with van der Waals surface area (Å²) in [5, 5.41) is 0.